The summed E-state index contributed by atoms with van der Waals surface area (Å²) in [6.07, 6.45) is -8.14. The van der Waals surface area contributed by atoms with Gasteiger partial charge in [0.25, 0.3) is 0 Å². The molecular weight excluding hydrogens is 153 g/mol. The van der Waals surface area contributed by atoms with Crippen molar-refractivity contribution in [3.63, 3.8) is 0 Å². The molecule has 0 aliphatic carbocycles. The molecule has 3 heteroatoms. The molecule has 0 amide bonds. The molecule has 1 aromatic carbocycles. The second-order valence-electron chi connectivity index (χ2n) is 1.99. The summed E-state index contributed by atoms with van der Waals surface area (Å²) in [5.74, 6) is 0. The van der Waals surface area contributed by atoms with Gasteiger partial charge in [0.2, 0.25) is 0 Å². The molecule has 0 spiro atoms. The summed E-state index contributed by atoms with van der Waals surface area (Å²) in [4.78, 5) is 0. The molecule has 0 atom stereocenters. The number of benzene rings is 1. The molecule has 1 aromatic rings. The Hall–Kier alpha value is -0.990. The molecule has 0 heterocycles. The van der Waals surface area contributed by atoms with E-state index in [1.54, 1.807) is 0 Å². The van der Waals surface area contributed by atoms with Gasteiger partial charge in [-0.1, -0.05) is 30.3 Å². The van der Waals surface area contributed by atoms with E-state index in [1.807, 2.05) is 0 Å². The van der Waals surface area contributed by atoms with E-state index in [9.17, 15) is 13.2 Å². The fourth-order valence-corrected chi connectivity index (χ4v) is 0.685. The number of halogens is 3. The number of alkyl halides is 3. The Morgan fingerprint density at radius 1 is 1.18 bits per heavy atom. The van der Waals surface area contributed by atoms with Gasteiger partial charge in [-0.15, -0.1) is 0 Å². The molecule has 0 radical (unpaired) electrons. The normalized spacial score (nSPS) is 15.5. The van der Waals surface area contributed by atoms with Gasteiger partial charge < -0.3 is 0 Å². The van der Waals surface area contributed by atoms with Crippen LogP contribution < -0.4 is 0 Å². The van der Waals surface area contributed by atoms with Gasteiger partial charge in [0.05, 0.1) is 6.37 Å². The second-order valence-corrected chi connectivity index (χ2v) is 1.99. The SMILES string of the molecule is [2H]C([2H])(c1ccccc1)C(F)(F)F. The van der Waals surface area contributed by atoms with Crippen molar-refractivity contribution in [3.05, 3.63) is 35.9 Å². The van der Waals surface area contributed by atoms with Crippen LogP contribution >= 0.6 is 0 Å². The van der Waals surface area contributed by atoms with Crippen molar-refractivity contribution in [3.8, 4) is 0 Å². The highest BCUT2D eigenvalue weighted by molar-refractivity contribution is 5.15. The van der Waals surface area contributed by atoms with E-state index in [4.69, 9.17) is 2.74 Å². The third-order valence-corrected chi connectivity index (χ3v) is 1.06. The number of rotatable bonds is 1. The van der Waals surface area contributed by atoms with Crippen molar-refractivity contribution in [2.75, 3.05) is 0 Å². The number of hydrogen-bond acceptors (Lipinski definition) is 0. The molecule has 0 aliphatic heterocycles. The highest BCUT2D eigenvalue weighted by Gasteiger charge is 2.27. The van der Waals surface area contributed by atoms with E-state index < -0.39 is 12.5 Å². The van der Waals surface area contributed by atoms with Crippen LogP contribution in [0.1, 0.15) is 8.30 Å². The molecule has 1 rings (SSSR count). The molecule has 60 valence electrons. The van der Waals surface area contributed by atoms with Gasteiger partial charge in [-0.2, -0.15) is 13.2 Å². The third kappa shape index (κ3) is 3.07. The molecule has 0 aromatic heterocycles. The van der Waals surface area contributed by atoms with Crippen molar-refractivity contribution < 1.29 is 15.9 Å². The number of hydrogen-bond donors (Lipinski definition) is 0. The van der Waals surface area contributed by atoms with Gasteiger partial charge in [-0.05, 0) is 5.56 Å². The predicted molar refractivity (Wildman–Crippen MR) is 36.2 cm³/mol. The van der Waals surface area contributed by atoms with Crippen LogP contribution in [-0.2, 0) is 6.37 Å². The minimum absolute atomic E-state index is 0.373. The van der Waals surface area contributed by atoms with Crippen molar-refractivity contribution >= 4 is 0 Å². The highest BCUT2D eigenvalue weighted by Crippen LogP contribution is 2.20. The first-order valence-electron chi connectivity index (χ1n) is 3.98. The maximum absolute atomic E-state index is 12.1. The van der Waals surface area contributed by atoms with Crippen LogP contribution in [0, 0.1) is 0 Å². The Balaban J connectivity index is 3.08. The van der Waals surface area contributed by atoms with Crippen LogP contribution in [0.5, 0.6) is 0 Å². The first kappa shape index (κ1) is 5.63. The lowest BCUT2D eigenvalue weighted by molar-refractivity contribution is -0.127. The summed E-state index contributed by atoms with van der Waals surface area (Å²) in [5, 5.41) is 0. The van der Waals surface area contributed by atoms with Gasteiger partial charge in [0.1, 0.15) is 0 Å². The Morgan fingerprint density at radius 2 is 1.73 bits per heavy atom. The minimum Gasteiger partial charge on any atom is -0.171 e. The lowest BCUT2D eigenvalue weighted by Gasteiger charge is -2.04. The molecule has 0 unspecified atom stereocenters. The zero-order valence-electron chi connectivity index (χ0n) is 7.52. The van der Waals surface area contributed by atoms with E-state index in [2.05, 4.69) is 0 Å². The Morgan fingerprint density at radius 3 is 2.18 bits per heavy atom. The monoisotopic (exact) mass is 162 g/mol. The summed E-state index contributed by atoms with van der Waals surface area (Å²) < 4.78 is 50.2. The summed E-state index contributed by atoms with van der Waals surface area (Å²) in [6, 6.07) is 6.52. The lowest BCUT2D eigenvalue weighted by Crippen LogP contribution is -2.11. The van der Waals surface area contributed by atoms with Crippen LogP contribution in [0.3, 0.4) is 0 Å². The molecule has 0 nitrogen and oxygen atoms in total. The van der Waals surface area contributed by atoms with E-state index in [-0.39, 0.29) is 5.56 Å². The molecule has 0 bridgehead atoms. The average Bonchev–Trinajstić information content (AvgIpc) is 2.04. The molecule has 0 fully saturated rings. The van der Waals surface area contributed by atoms with Gasteiger partial charge in [-0.3, -0.25) is 0 Å². The standard InChI is InChI=1S/C8H7F3/c9-8(10,11)6-7-4-2-1-3-5-7/h1-5H,6H2/i6D2. The molecule has 0 saturated heterocycles. The van der Waals surface area contributed by atoms with Crippen LogP contribution in [0.2, 0.25) is 0 Å². The van der Waals surface area contributed by atoms with E-state index in [1.165, 1.54) is 18.2 Å². The Kier molecular flexibility index (Phi) is 1.51. The first-order chi connectivity index (χ1) is 5.86. The fraction of sp³-hybridized carbons (Fsp3) is 0.250. The van der Waals surface area contributed by atoms with E-state index >= 15 is 0 Å². The molecular formula is C8H7F3. The second kappa shape index (κ2) is 2.95. The Bertz CT molecular complexity index is 279. The highest BCUT2D eigenvalue weighted by atomic mass is 19.4. The summed E-state index contributed by atoms with van der Waals surface area (Å²) in [5.41, 5.74) is -0.373. The Labute approximate surface area is 65.5 Å². The summed E-state index contributed by atoms with van der Waals surface area (Å²) in [7, 11) is 0. The van der Waals surface area contributed by atoms with Crippen LogP contribution in [0.15, 0.2) is 30.3 Å². The van der Waals surface area contributed by atoms with Crippen LogP contribution in [0.4, 0.5) is 13.2 Å². The topological polar surface area (TPSA) is 0 Å². The first-order valence-corrected chi connectivity index (χ1v) is 2.98. The maximum atomic E-state index is 12.1. The molecule has 0 saturated carbocycles. The smallest absolute Gasteiger partial charge is 0.171 e. The zero-order valence-corrected chi connectivity index (χ0v) is 5.52. The van der Waals surface area contributed by atoms with Crippen molar-refractivity contribution in [2.24, 2.45) is 0 Å². The third-order valence-electron chi connectivity index (χ3n) is 1.06. The van der Waals surface area contributed by atoms with Gasteiger partial charge >= 0.3 is 6.18 Å². The van der Waals surface area contributed by atoms with Crippen molar-refractivity contribution in [1.29, 1.82) is 0 Å². The maximum Gasteiger partial charge on any atom is 0.393 e. The van der Waals surface area contributed by atoms with Gasteiger partial charge in [-0.25, -0.2) is 0 Å². The van der Waals surface area contributed by atoms with Gasteiger partial charge in [0, 0.05) is 2.74 Å². The van der Waals surface area contributed by atoms with Crippen LogP contribution in [0.25, 0.3) is 0 Å². The molecule has 0 aliphatic rings. The summed E-state index contributed by atoms with van der Waals surface area (Å²) in [6.45, 7) is 0. The molecule has 0 N–H and O–H groups in total. The summed E-state index contributed by atoms with van der Waals surface area (Å²) >= 11 is 0. The average molecular weight is 162 g/mol. The fourth-order valence-electron chi connectivity index (χ4n) is 0.685. The van der Waals surface area contributed by atoms with E-state index in [0.29, 0.717) is 0 Å². The van der Waals surface area contributed by atoms with E-state index in [0.717, 1.165) is 12.1 Å². The largest absolute Gasteiger partial charge is 0.393 e. The lowest BCUT2D eigenvalue weighted by atomic mass is 10.1. The van der Waals surface area contributed by atoms with Gasteiger partial charge in [0.15, 0.2) is 0 Å². The predicted octanol–water partition coefficient (Wildman–Crippen LogP) is 2.79. The van der Waals surface area contributed by atoms with Crippen LogP contribution in [-0.4, -0.2) is 6.18 Å². The quantitative estimate of drug-likeness (QED) is 0.595. The zero-order chi connectivity index (χ0) is 10.1. The van der Waals surface area contributed by atoms with Crippen molar-refractivity contribution in [1.82, 2.24) is 0 Å². The molecule has 11 heavy (non-hydrogen) atoms. The van der Waals surface area contributed by atoms with Crippen molar-refractivity contribution in [2.45, 2.75) is 12.5 Å². The minimum atomic E-state index is -4.87.